The molecule has 3 heterocycles. The summed E-state index contributed by atoms with van der Waals surface area (Å²) in [6.07, 6.45) is 3.98. The van der Waals surface area contributed by atoms with Crippen molar-refractivity contribution in [2.45, 2.75) is 38.5 Å². The minimum absolute atomic E-state index is 0.236. The summed E-state index contributed by atoms with van der Waals surface area (Å²) >= 11 is 0. The molecule has 2 fully saturated rings. The van der Waals surface area contributed by atoms with E-state index in [0.29, 0.717) is 18.2 Å². The number of aromatic nitrogens is 1. The van der Waals surface area contributed by atoms with Gasteiger partial charge in [0.15, 0.2) is 0 Å². The molecule has 0 radical (unpaired) electrons. The molecule has 2 aliphatic heterocycles. The van der Waals surface area contributed by atoms with Gasteiger partial charge in [-0.15, -0.1) is 0 Å². The van der Waals surface area contributed by atoms with Gasteiger partial charge in [0, 0.05) is 61.3 Å². The Balaban J connectivity index is 1.40. The van der Waals surface area contributed by atoms with Gasteiger partial charge in [-0.25, -0.2) is 4.39 Å². The first kappa shape index (κ1) is 19.8. The van der Waals surface area contributed by atoms with E-state index in [0.717, 1.165) is 74.7 Å². The minimum atomic E-state index is -0.236. The van der Waals surface area contributed by atoms with E-state index < -0.39 is 0 Å². The van der Waals surface area contributed by atoms with E-state index >= 15 is 0 Å². The van der Waals surface area contributed by atoms with E-state index in [2.05, 4.69) is 16.3 Å². The van der Waals surface area contributed by atoms with Crippen LogP contribution in [0.5, 0.6) is 0 Å². The predicted molar refractivity (Wildman–Crippen MR) is 113 cm³/mol. The lowest BCUT2D eigenvalue weighted by Gasteiger charge is -2.33. The normalized spacial score (nSPS) is 20.3. The van der Waals surface area contributed by atoms with Gasteiger partial charge in [-0.2, -0.15) is 0 Å². The van der Waals surface area contributed by atoms with Crippen LogP contribution in [0, 0.1) is 12.7 Å². The van der Waals surface area contributed by atoms with Gasteiger partial charge >= 0.3 is 0 Å². The number of benzene rings is 1. The van der Waals surface area contributed by atoms with Crippen LogP contribution in [-0.2, 0) is 4.79 Å². The second-order valence-corrected chi connectivity index (χ2v) is 8.18. The first-order valence-corrected chi connectivity index (χ1v) is 10.6. The third-order valence-electron chi connectivity index (χ3n) is 5.89. The number of hydrogen-bond acceptors (Lipinski definition) is 4. The topological polar surface area (TPSA) is 48.5 Å². The van der Waals surface area contributed by atoms with Crippen LogP contribution in [0.2, 0.25) is 0 Å². The molecular weight excluding hydrogens is 367 g/mol. The first-order valence-electron chi connectivity index (χ1n) is 10.6. The number of hydrogen-bond donors (Lipinski definition) is 1. The summed E-state index contributed by atoms with van der Waals surface area (Å²) < 4.78 is 13.2. The number of halogens is 1. The Hall–Kier alpha value is -2.47. The van der Waals surface area contributed by atoms with E-state index in [-0.39, 0.29) is 5.82 Å². The van der Waals surface area contributed by atoms with Gasteiger partial charge in [-0.1, -0.05) is 0 Å². The largest absolute Gasteiger partial charge is 0.355 e. The van der Waals surface area contributed by atoms with Gasteiger partial charge < -0.3 is 15.1 Å². The van der Waals surface area contributed by atoms with E-state index in [1.54, 1.807) is 12.1 Å². The molecule has 29 heavy (non-hydrogen) atoms. The zero-order valence-corrected chi connectivity index (χ0v) is 17.0. The molecule has 0 bridgehead atoms. The van der Waals surface area contributed by atoms with Crippen LogP contribution in [0.1, 0.15) is 43.0 Å². The summed E-state index contributed by atoms with van der Waals surface area (Å²) in [6.45, 7) is 6.77. The minimum Gasteiger partial charge on any atom is -0.355 e. The number of piperidine rings is 1. The molecular formula is C23H29FN4O. The van der Waals surface area contributed by atoms with E-state index in [9.17, 15) is 9.18 Å². The molecule has 2 saturated heterocycles. The summed E-state index contributed by atoms with van der Waals surface area (Å²) in [5.41, 5.74) is 3.94. The lowest BCUT2D eigenvalue weighted by atomic mass is 9.93. The summed E-state index contributed by atoms with van der Waals surface area (Å²) in [6, 6.07) is 10.5. The number of carbonyl (C=O) groups is 1. The number of carbonyl (C=O) groups excluding carboxylic acids is 1. The Kier molecular flexibility index (Phi) is 6.09. The highest BCUT2D eigenvalue weighted by Gasteiger charge is 2.25. The van der Waals surface area contributed by atoms with Crippen molar-refractivity contribution in [2.75, 3.05) is 38.0 Å². The Morgan fingerprint density at radius 2 is 1.93 bits per heavy atom. The smallest absolute Gasteiger partial charge is 0.222 e. The zero-order chi connectivity index (χ0) is 20.2. The fraction of sp³-hybridized carbons (Fsp3) is 0.478. The number of amides is 1. The fourth-order valence-electron chi connectivity index (χ4n) is 4.38. The molecule has 1 aromatic heterocycles. The molecule has 154 valence electrons. The maximum Gasteiger partial charge on any atom is 0.222 e. The van der Waals surface area contributed by atoms with Crippen molar-refractivity contribution in [3.05, 3.63) is 53.6 Å². The van der Waals surface area contributed by atoms with Crippen LogP contribution >= 0.6 is 0 Å². The highest BCUT2D eigenvalue weighted by Crippen LogP contribution is 2.29. The van der Waals surface area contributed by atoms with Crippen molar-refractivity contribution in [1.82, 2.24) is 14.8 Å². The second kappa shape index (κ2) is 8.91. The molecule has 6 heteroatoms. The summed E-state index contributed by atoms with van der Waals surface area (Å²) in [4.78, 5) is 21.1. The molecule has 4 rings (SSSR count). The van der Waals surface area contributed by atoms with Gasteiger partial charge in [0.2, 0.25) is 5.91 Å². The number of nitrogens with one attached hydrogen (secondary N) is 1. The van der Waals surface area contributed by atoms with Crippen LogP contribution in [0.25, 0.3) is 0 Å². The standard InChI is InChI=1S/C23H29FN4O/c1-17-14-21(26-20-8-6-19(24)7-9-20)15-22(25-17)18-4-2-10-27(16-18)12-13-28-11-3-5-23(28)29/h6-9,14-15,18H,2-5,10-13,16H2,1H3,(H,25,26)/t18-/m0/s1. The molecule has 2 aromatic rings. The molecule has 0 unspecified atom stereocenters. The molecule has 1 aromatic carbocycles. The Morgan fingerprint density at radius 1 is 1.10 bits per heavy atom. The van der Waals surface area contributed by atoms with Gasteiger partial charge in [0.1, 0.15) is 5.82 Å². The van der Waals surface area contributed by atoms with Crippen LogP contribution in [-0.4, -0.2) is 53.4 Å². The molecule has 2 aliphatic rings. The highest BCUT2D eigenvalue weighted by molar-refractivity contribution is 5.78. The zero-order valence-electron chi connectivity index (χ0n) is 17.0. The average Bonchev–Trinajstić information content (AvgIpc) is 3.13. The van der Waals surface area contributed by atoms with Crippen LogP contribution < -0.4 is 5.32 Å². The van der Waals surface area contributed by atoms with Crippen molar-refractivity contribution in [1.29, 1.82) is 0 Å². The molecule has 0 spiro atoms. The summed E-state index contributed by atoms with van der Waals surface area (Å²) in [7, 11) is 0. The van der Waals surface area contributed by atoms with Crippen molar-refractivity contribution in [3.63, 3.8) is 0 Å². The lowest BCUT2D eigenvalue weighted by molar-refractivity contribution is -0.127. The third kappa shape index (κ3) is 5.12. The maximum atomic E-state index is 13.2. The van der Waals surface area contributed by atoms with Gasteiger partial charge in [0.05, 0.1) is 0 Å². The van der Waals surface area contributed by atoms with Gasteiger partial charge in [0.25, 0.3) is 0 Å². The summed E-state index contributed by atoms with van der Waals surface area (Å²) in [5.74, 6) is 0.460. The van der Waals surface area contributed by atoms with Crippen LogP contribution in [0.15, 0.2) is 36.4 Å². The third-order valence-corrected chi connectivity index (χ3v) is 5.89. The van der Waals surface area contributed by atoms with Crippen molar-refractivity contribution in [3.8, 4) is 0 Å². The molecule has 0 aliphatic carbocycles. The van der Waals surface area contributed by atoms with Gasteiger partial charge in [-0.05, 0) is 69.1 Å². The average molecular weight is 397 g/mol. The van der Waals surface area contributed by atoms with Crippen molar-refractivity contribution >= 4 is 17.3 Å². The molecule has 0 saturated carbocycles. The molecule has 5 nitrogen and oxygen atoms in total. The molecule has 1 atom stereocenters. The number of likely N-dealkylation sites (tertiary alicyclic amines) is 2. The van der Waals surface area contributed by atoms with Crippen LogP contribution in [0.4, 0.5) is 15.8 Å². The van der Waals surface area contributed by atoms with E-state index in [1.165, 1.54) is 12.1 Å². The molecule has 1 N–H and O–H groups in total. The Bertz CT molecular complexity index is 854. The quantitative estimate of drug-likeness (QED) is 0.800. The Morgan fingerprint density at radius 3 is 2.69 bits per heavy atom. The predicted octanol–water partition coefficient (Wildman–Crippen LogP) is 4.07. The summed E-state index contributed by atoms with van der Waals surface area (Å²) in [5, 5.41) is 3.37. The SMILES string of the molecule is Cc1cc(Nc2ccc(F)cc2)cc([C@H]2CCCN(CCN3CCCC3=O)C2)n1. The second-order valence-electron chi connectivity index (χ2n) is 8.18. The Labute approximate surface area is 171 Å². The number of rotatable bonds is 6. The van der Waals surface area contributed by atoms with E-state index in [1.807, 2.05) is 17.9 Å². The number of pyridine rings is 1. The molecule has 1 amide bonds. The lowest BCUT2D eigenvalue weighted by Crippen LogP contribution is -2.40. The fourth-order valence-corrected chi connectivity index (χ4v) is 4.38. The van der Waals surface area contributed by atoms with Crippen molar-refractivity contribution in [2.24, 2.45) is 0 Å². The highest BCUT2D eigenvalue weighted by atomic mass is 19.1. The number of aryl methyl sites for hydroxylation is 1. The number of anilines is 2. The van der Waals surface area contributed by atoms with Crippen LogP contribution in [0.3, 0.4) is 0 Å². The number of nitrogens with zero attached hydrogens (tertiary/aromatic N) is 3. The first-order chi connectivity index (χ1) is 14.1. The maximum absolute atomic E-state index is 13.2. The van der Waals surface area contributed by atoms with Crippen molar-refractivity contribution < 1.29 is 9.18 Å². The van der Waals surface area contributed by atoms with E-state index in [4.69, 9.17) is 4.98 Å². The monoisotopic (exact) mass is 396 g/mol. The van der Waals surface area contributed by atoms with Gasteiger partial charge in [-0.3, -0.25) is 9.78 Å².